The number of halogens is 3. The second kappa shape index (κ2) is 4.86. The molecule has 1 heterocycles. The van der Waals surface area contributed by atoms with Gasteiger partial charge in [0.15, 0.2) is 0 Å². The first-order valence-electron chi connectivity index (χ1n) is 5.11. The van der Waals surface area contributed by atoms with Gasteiger partial charge in [-0.3, -0.25) is 4.57 Å². The number of hydrogen-bond donors (Lipinski definition) is 2. The smallest absolute Gasteiger partial charge is 0.320 e. The van der Waals surface area contributed by atoms with Crippen molar-refractivity contribution in [2.45, 2.75) is 5.66 Å². The maximum Gasteiger partial charge on any atom is 0.399 e. The molecule has 0 fully saturated rings. The third-order valence-corrected chi connectivity index (χ3v) is 4.21. The Balaban J connectivity index is 2.75. The highest BCUT2D eigenvalue weighted by atomic mass is 79.9. The van der Waals surface area contributed by atoms with Gasteiger partial charge in [0.05, 0.1) is 5.52 Å². The van der Waals surface area contributed by atoms with Crippen LogP contribution >= 0.6 is 23.5 Å². The van der Waals surface area contributed by atoms with Crippen molar-refractivity contribution in [1.29, 1.82) is 5.26 Å². The summed E-state index contributed by atoms with van der Waals surface area (Å²) in [4.78, 5) is 21.4. The Hall–Kier alpha value is -1.39. The molecule has 0 aliphatic carbocycles. The lowest BCUT2D eigenvalue weighted by Crippen LogP contribution is -2.14. The predicted octanol–water partition coefficient (Wildman–Crippen LogP) is 3.10. The van der Waals surface area contributed by atoms with Gasteiger partial charge in [-0.2, -0.15) is 14.0 Å². The first-order valence-corrected chi connectivity index (χ1v) is 7.51. The Labute approximate surface area is 120 Å². The molecule has 0 unspecified atom stereocenters. The van der Waals surface area contributed by atoms with Crippen molar-refractivity contribution in [2.75, 3.05) is 0 Å². The zero-order valence-corrected chi connectivity index (χ0v) is 12.1. The molecule has 5 nitrogen and oxygen atoms in total. The molecule has 0 bridgehead atoms. The zero-order valence-electron chi connectivity index (χ0n) is 9.59. The second-order valence-electron chi connectivity index (χ2n) is 3.92. The fourth-order valence-corrected chi connectivity index (χ4v) is 2.86. The molecule has 1 aromatic carbocycles. The van der Waals surface area contributed by atoms with Gasteiger partial charge < -0.3 is 9.79 Å². The molecule has 20 heavy (non-hydrogen) atoms. The Bertz CT molecular complexity index is 785. The highest BCUT2D eigenvalue weighted by Gasteiger charge is 2.51. The fraction of sp³-hybridized carbons (Fsp3) is 0.0909. The first-order chi connectivity index (χ1) is 9.16. The van der Waals surface area contributed by atoms with Gasteiger partial charge in [-0.15, -0.1) is 0 Å². The van der Waals surface area contributed by atoms with E-state index in [4.69, 9.17) is 15.0 Å². The summed E-state index contributed by atoms with van der Waals surface area (Å²) in [6.07, 6.45) is 0. The summed E-state index contributed by atoms with van der Waals surface area (Å²) in [7, 11) is -5.67. The Kier molecular flexibility index (Phi) is 3.65. The van der Waals surface area contributed by atoms with Crippen LogP contribution in [0.1, 0.15) is 11.3 Å². The van der Waals surface area contributed by atoms with Crippen molar-refractivity contribution < 1.29 is 23.1 Å². The van der Waals surface area contributed by atoms with E-state index in [0.717, 1.165) is 6.07 Å². The number of alkyl halides is 2. The van der Waals surface area contributed by atoms with Crippen LogP contribution in [-0.2, 0) is 10.2 Å². The topological polar surface area (TPSA) is 94.2 Å². The minimum Gasteiger partial charge on any atom is -0.320 e. The van der Waals surface area contributed by atoms with Crippen molar-refractivity contribution in [2.24, 2.45) is 0 Å². The number of fused-ring (bicyclic) bond motifs is 1. The monoisotopic (exact) mass is 362 g/mol. The molecule has 2 rings (SSSR count). The molecule has 0 saturated carbocycles. The van der Waals surface area contributed by atoms with Crippen molar-refractivity contribution in [3.05, 3.63) is 40.0 Å². The van der Waals surface area contributed by atoms with Crippen LogP contribution in [0.2, 0.25) is 0 Å². The van der Waals surface area contributed by atoms with Gasteiger partial charge in [-0.1, -0.05) is 15.9 Å². The Morgan fingerprint density at radius 3 is 2.55 bits per heavy atom. The lowest BCUT2D eigenvalue weighted by Gasteiger charge is -2.19. The SMILES string of the molecule is N#Cc1ccc2cc(Br)c(C(F)(F)P(=O)(O)O)cc2n1. The van der Waals surface area contributed by atoms with E-state index in [1.54, 1.807) is 6.07 Å². The predicted molar refractivity (Wildman–Crippen MR) is 70.1 cm³/mol. The normalized spacial score (nSPS) is 12.4. The number of aromatic nitrogens is 1. The average Bonchev–Trinajstić information content (AvgIpc) is 2.35. The van der Waals surface area contributed by atoms with Gasteiger partial charge >= 0.3 is 13.3 Å². The van der Waals surface area contributed by atoms with Crippen LogP contribution in [0.3, 0.4) is 0 Å². The largest absolute Gasteiger partial charge is 0.399 e. The molecule has 9 heteroatoms. The lowest BCUT2D eigenvalue weighted by molar-refractivity contribution is 0.0558. The van der Waals surface area contributed by atoms with Gasteiger partial charge in [0.1, 0.15) is 11.8 Å². The van der Waals surface area contributed by atoms with Crippen molar-refractivity contribution in [1.82, 2.24) is 4.98 Å². The number of pyridine rings is 1. The summed E-state index contributed by atoms with van der Waals surface area (Å²) in [5, 5.41) is 9.18. The molecule has 0 atom stereocenters. The van der Waals surface area contributed by atoms with E-state index in [1.165, 1.54) is 18.2 Å². The summed E-state index contributed by atoms with van der Waals surface area (Å²) in [5.41, 5.74) is -5.15. The molecule has 0 saturated heterocycles. The lowest BCUT2D eigenvalue weighted by atomic mass is 10.1. The first kappa shape index (κ1) is 15.0. The van der Waals surface area contributed by atoms with Gasteiger partial charge in [0.25, 0.3) is 0 Å². The number of nitrogens with zero attached hydrogens (tertiary/aromatic N) is 2. The summed E-state index contributed by atoms with van der Waals surface area (Å²) in [6, 6.07) is 6.80. The summed E-state index contributed by atoms with van der Waals surface area (Å²) in [5.74, 6) is 0. The van der Waals surface area contributed by atoms with Crippen LogP contribution in [0.25, 0.3) is 10.9 Å². The van der Waals surface area contributed by atoms with Crippen LogP contribution in [0.4, 0.5) is 8.78 Å². The van der Waals surface area contributed by atoms with E-state index in [2.05, 4.69) is 20.9 Å². The van der Waals surface area contributed by atoms with Crippen LogP contribution in [0.5, 0.6) is 0 Å². The summed E-state index contributed by atoms with van der Waals surface area (Å²) < 4.78 is 38.3. The molecule has 2 aromatic rings. The van der Waals surface area contributed by atoms with E-state index >= 15 is 0 Å². The maximum absolute atomic E-state index is 13.7. The molecule has 2 N–H and O–H groups in total. The number of nitriles is 1. The molecular weight excluding hydrogens is 357 g/mol. The quantitative estimate of drug-likeness (QED) is 0.800. The van der Waals surface area contributed by atoms with Crippen LogP contribution < -0.4 is 0 Å². The van der Waals surface area contributed by atoms with Crippen LogP contribution in [0.15, 0.2) is 28.7 Å². The number of benzene rings is 1. The third-order valence-electron chi connectivity index (χ3n) is 2.58. The van der Waals surface area contributed by atoms with Crippen molar-refractivity contribution in [3.63, 3.8) is 0 Å². The molecule has 104 valence electrons. The number of hydrogen-bond acceptors (Lipinski definition) is 3. The van der Waals surface area contributed by atoms with Crippen molar-refractivity contribution in [3.8, 4) is 6.07 Å². The third kappa shape index (κ3) is 2.45. The number of rotatable bonds is 2. The van der Waals surface area contributed by atoms with Gasteiger partial charge in [0.2, 0.25) is 0 Å². The van der Waals surface area contributed by atoms with Crippen LogP contribution in [0, 0.1) is 11.3 Å². The van der Waals surface area contributed by atoms with E-state index in [1.807, 2.05) is 0 Å². The molecular formula is C11H6BrF2N2O3P. The van der Waals surface area contributed by atoms with E-state index in [0.29, 0.717) is 5.39 Å². The molecule has 0 amide bonds. The zero-order chi connectivity index (χ0) is 15.1. The molecule has 0 aliphatic heterocycles. The standard InChI is InChI=1S/C11H6BrF2N2O3P/c12-9-3-6-1-2-7(5-15)16-10(6)4-8(9)11(13,14)20(17,18)19/h1-4H,(H2,17,18,19). The molecule has 0 radical (unpaired) electrons. The highest BCUT2D eigenvalue weighted by molar-refractivity contribution is 9.10. The van der Waals surface area contributed by atoms with E-state index in [9.17, 15) is 13.3 Å². The fourth-order valence-electron chi connectivity index (χ4n) is 1.59. The molecule has 0 spiro atoms. The maximum atomic E-state index is 13.7. The minimum atomic E-state index is -5.67. The van der Waals surface area contributed by atoms with Gasteiger partial charge in [-0.25, -0.2) is 4.98 Å². The van der Waals surface area contributed by atoms with Crippen LogP contribution in [-0.4, -0.2) is 14.8 Å². The average molecular weight is 363 g/mol. The summed E-state index contributed by atoms with van der Waals surface area (Å²) >= 11 is 2.87. The second-order valence-corrected chi connectivity index (χ2v) is 6.42. The van der Waals surface area contributed by atoms with Gasteiger partial charge in [-0.05, 0) is 24.3 Å². The Morgan fingerprint density at radius 1 is 1.35 bits per heavy atom. The Morgan fingerprint density at radius 2 is 2.00 bits per heavy atom. The van der Waals surface area contributed by atoms with Gasteiger partial charge in [0, 0.05) is 15.4 Å². The van der Waals surface area contributed by atoms with E-state index < -0.39 is 18.8 Å². The highest BCUT2D eigenvalue weighted by Crippen LogP contribution is 2.60. The molecule has 1 aromatic heterocycles. The summed E-state index contributed by atoms with van der Waals surface area (Å²) in [6.45, 7) is 0. The van der Waals surface area contributed by atoms with E-state index in [-0.39, 0.29) is 15.7 Å². The van der Waals surface area contributed by atoms with Crippen molar-refractivity contribution >= 4 is 34.4 Å². The molecule has 0 aliphatic rings. The minimum absolute atomic E-state index is 0.0188.